The standard InChI is InChI=1S/C13H18FNO3/c1-9(2)15(8-12(16)17)7-10-5-4-6-11(18-3)13(10)14/h4-6,9H,7-8H2,1-3H3,(H,16,17). The van der Waals surface area contributed by atoms with E-state index in [1.54, 1.807) is 17.0 Å². The van der Waals surface area contributed by atoms with Gasteiger partial charge in [-0.1, -0.05) is 12.1 Å². The van der Waals surface area contributed by atoms with Crippen LogP contribution in [0.1, 0.15) is 19.4 Å². The van der Waals surface area contributed by atoms with Crippen molar-refractivity contribution in [1.29, 1.82) is 0 Å². The number of nitrogens with zero attached hydrogens (tertiary/aromatic N) is 1. The SMILES string of the molecule is COc1cccc(CN(CC(=O)O)C(C)C)c1F. The molecule has 0 aliphatic heterocycles. The number of halogens is 1. The Balaban J connectivity index is 2.90. The Bertz CT molecular complexity index is 421. The van der Waals surface area contributed by atoms with Gasteiger partial charge in [0, 0.05) is 18.2 Å². The minimum absolute atomic E-state index is 0.0201. The summed E-state index contributed by atoms with van der Waals surface area (Å²) in [5.41, 5.74) is 0.435. The number of carboxylic acid groups (broad SMARTS) is 1. The predicted octanol–water partition coefficient (Wildman–Crippen LogP) is 2.13. The van der Waals surface area contributed by atoms with Crippen LogP contribution in [0.5, 0.6) is 5.75 Å². The van der Waals surface area contributed by atoms with E-state index in [9.17, 15) is 9.18 Å². The van der Waals surface area contributed by atoms with Gasteiger partial charge in [-0.15, -0.1) is 0 Å². The molecule has 18 heavy (non-hydrogen) atoms. The minimum atomic E-state index is -0.924. The van der Waals surface area contributed by atoms with Gasteiger partial charge in [-0.25, -0.2) is 4.39 Å². The Kier molecular flexibility index (Phi) is 5.09. The van der Waals surface area contributed by atoms with E-state index >= 15 is 0 Å². The van der Waals surface area contributed by atoms with Gasteiger partial charge in [0.25, 0.3) is 0 Å². The van der Waals surface area contributed by atoms with Gasteiger partial charge in [0.15, 0.2) is 11.6 Å². The van der Waals surface area contributed by atoms with E-state index in [4.69, 9.17) is 9.84 Å². The molecule has 0 fully saturated rings. The number of ether oxygens (including phenoxy) is 1. The van der Waals surface area contributed by atoms with Gasteiger partial charge in [0.05, 0.1) is 13.7 Å². The zero-order valence-electron chi connectivity index (χ0n) is 10.8. The topological polar surface area (TPSA) is 49.8 Å². The van der Waals surface area contributed by atoms with Crippen LogP contribution < -0.4 is 4.74 Å². The second-order valence-electron chi connectivity index (χ2n) is 4.33. The average molecular weight is 255 g/mol. The zero-order valence-corrected chi connectivity index (χ0v) is 10.8. The largest absolute Gasteiger partial charge is 0.494 e. The molecule has 1 aromatic carbocycles. The molecule has 4 nitrogen and oxygen atoms in total. The smallest absolute Gasteiger partial charge is 0.317 e. The van der Waals surface area contributed by atoms with Crippen LogP contribution in [0.3, 0.4) is 0 Å². The van der Waals surface area contributed by atoms with Crippen LogP contribution in [0.4, 0.5) is 4.39 Å². The fourth-order valence-electron chi connectivity index (χ4n) is 1.65. The highest BCUT2D eigenvalue weighted by molar-refractivity contribution is 5.69. The molecule has 5 heteroatoms. The van der Waals surface area contributed by atoms with Gasteiger partial charge in [0.2, 0.25) is 0 Å². The molecule has 1 rings (SSSR count). The molecular formula is C13H18FNO3. The highest BCUT2D eigenvalue weighted by Crippen LogP contribution is 2.21. The number of methoxy groups -OCH3 is 1. The third-order valence-electron chi connectivity index (χ3n) is 2.71. The van der Waals surface area contributed by atoms with Gasteiger partial charge in [-0.2, -0.15) is 0 Å². The molecule has 0 amide bonds. The van der Waals surface area contributed by atoms with Crippen LogP contribution in [0, 0.1) is 5.82 Å². The van der Waals surface area contributed by atoms with Crippen LogP contribution >= 0.6 is 0 Å². The quantitative estimate of drug-likeness (QED) is 0.846. The first-order chi connectivity index (χ1) is 8.45. The van der Waals surface area contributed by atoms with E-state index in [1.807, 2.05) is 13.8 Å². The third kappa shape index (κ3) is 3.70. The van der Waals surface area contributed by atoms with Gasteiger partial charge >= 0.3 is 5.97 Å². The van der Waals surface area contributed by atoms with E-state index in [2.05, 4.69) is 0 Å². The highest BCUT2D eigenvalue weighted by Gasteiger charge is 2.17. The summed E-state index contributed by atoms with van der Waals surface area (Å²) in [5, 5.41) is 8.82. The Labute approximate surface area is 106 Å². The average Bonchev–Trinajstić information content (AvgIpc) is 2.30. The summed E-state index contributed by atoms with van der Waals surface area (Å²) >= 11 is 0. The number of hydrogen-bond acceptors (Lipinski definition) is 3. The molecule has 0 atom stereocenters. The van der Waals surface area contributed by atoms with Crippen molar-refractivity contribution in [1.82, 2.24) is 4.90 Å². The van der Waals surface area contributed by atoms with Crippen LogP contribution in [0.2, 0.25) is 0 Å². The first kappa shape index (κ1) is 14.4. The molecule has 0 unspecified atom stereocenters. The fourth-order valence-corrected chi connectivity index (χ4v) is 1.65. The van der Waals surface area contributed by atoms with Crippen molar-refractivity contribution in [3.05, 3.63) is 29.6 Å². The van der Waals surface area contributed by atoms with Crippen molar-refractivity contribution in [2.24, 2.45) is 0 Å². The Morgan fingerprint density at radius 1 is 1.50 bits per heavy atom. The molecule has 0 bridgehead atoms. The highest BCUT2D eigenvalue weighted by atomic mass is 19.1. The number of carboxylic acids is 1. The first-order valence-electron chi connectivity index (χ1n) is 5.73. The van der Waals surface area contributed by atoms with Crippen LogP contribution in [0.15, 0.2) is 18.2 Å². The zero-order chi connectivity index (χ0) is 13.7. The number of carbonyl (C=O) groups is 1. The Morgan fingerprint density at radius 3 is 2.67 bits per heavy atom. The third-order valence-corrected chi connectivity index (χ3v) is 2.71. The Hall–Kier alpha value is -1.62. The van der Waals surface area contributed by atoms with Crippen molar-refractivity contribution in [3.8, 4) is 5.75 Å². The number of hydrogen-bond donors (Lipinski definition) is 1. The van der Waals surface area contributed by atoms with Crippen LogP contribution in [0.25, 0.3) is 0 Å². The molecule has 0 aromatic heterocycles. The van der Waals surface area contributed by atoms with E-state index < -0.39 is 11.8 Å². The molecule has 1 aromatic rings. The summed E-state index contributed by atoms with van der Waals surface area (Å²) in [6, 6.07) is 4.88. The molecule has 1 N–H and O–H groups in total. The van der Waals surface area contributed by atoms with E-state index in [0.29, 0.717) is 5.56 Å². The van der Waals surface area contributed by atoms with Crippen LogP contribution in [-0.4, -0.2) is 35.7 Å². The summed E-state index contributed by atoms with van der Waals surface area (Å²) in [4.78, 5) is 12.4. The van der Waals surface area contributed by atoms with Gasteiger partial charge in [0.1, 0.15) is 0 Å². The molecule has 0 radical (unpaired) electrons. The molecule has 0 saturated carbocycles. The van der Waals surface area contributed by atoms with E-state index in [-0.39, 0.29) is 24.9 Å². The molecule has 0 aliphatic rings. The predicted molar refractivity (Wildman–Crippen MR) is 66.1 cm³/mol. The second kappa shape index (κ2) is 6.35. The normalized spacial score (nSPS) is 11.0. The molecule has 100 valence electrons. The van der Waals surface area contributed by atoms with Gasteiger partial charge in [-0.05, 0) is 19.9 Å². The summed E-state index contributed by atoms with van der Waals surface area (Å²) < 4.78 is 18.8. The lowest BCUT2D eigenvalue weighted by Gasteiger charge is -2.24. The monoisotopic (exact) mass is 255 g/mol. The van der Waals surface area contributed by atoms with Gasteiger partial charge in [-0.3, -0.25) is 9.69 Å². The molecule has 0 heterocycles. The van der Waals surface area contributed by atoms with Crippen LogP contribution in [-0.2, 0) is 11.3 Å². The minimum Gasteiger partial charge on any atom is -0.494 e. The van der Waals surface area contributed by atoms with E-state index in [0.717, 1.165) is 0 Å². The number of rotatable bonds is 6. The summed E-state index contributed by atoms with van der Waals surface area (Å²) in [5.74, 6) is -1.19. The molecule has 0 saturated heterocycles. The lowest BCUT2D eigenvalue weighted by atomic mass is 10.1. The maximum Gasteiger partial charge on any atom is 0.317 e. The van der Waals surface area contributed by atoms with Crippen molar-refractivity contribution < 1.29 is 19.0 Å². The summed E-state index contributed by atoms with van der Waals surface area (Å²) in [6.45, 7) is 3.88. The van der Waals surface area contributed by atoms with Gasteiger partial charge < -0.3 is 9.84 Å². The Morgan fingerprint density at radius 2 is 2.17 bits per heavy atom. The second-order valence-corrected chi connectivity index (χ2v) is 4.33. The lowest BCUT2D eigenvalue weighted by molar-refractivity contribution is -0.139. The van der Waals surface area contributed by atoms with Crippen molar-refractivity contribution >= 4 is 5.97 Å². The fraction of sp³-hybridized carbons (Fsp3) is 0.462. The maximum atomic E-state index is 13.9. The molecule has 0 aliphatic carbocycles. The molecule has 0 spiro atoms. The van der Waals surface area contributed by atoms with Crippen molar-refractivity contribution in [2.45, 2.75) is 26.4 Å². The first-order valence-corrected chi connectivity index (χ1v) is 5.73. The maximum absolute atomic E-state index is 13.9. The summed E-state index contributed by atoms with van der Waals surface area (Å²) in [7, 11) is 1.40. The summed E-state index contributed by atoms with van der Waals surface area (Å²) in [6.07, 6.45) is 0. The number of benzene rings is 1. The lowest BCUT2D eigenvalue weighted by Crippen LogP contribution is -2.35. The van der Waals surface area contributed by atoms with Crippen molar-refractivity contribution in [2.75, 3.05) is 13.7 Å². The van der Waals surface area contributed by atoms with E-state index in [1.165, 1.54) is 13.2 Å². The number of aliphatic carboxylic acids is 1. The molecular weight excluding hydrogens is 237 g/mol. The van der Waals surface area contributed by atoms with Crippen molar-refractivity contribution in [3.63, 3.8) is 0 Å².